The molecule has 0 unspecified atom stereocenters. The van der Waals surface area contributed by atoms with Crippen LogP contribution in [0.25, 0.3) is 0 Å². The maximum absolute atomic E-state index is 11.9. The fourth-order valence-electron chi connectivity index (χ4n) is 2.33. The van der Waals surface area contributed by atoms with E-state index >= 15 is 0 Å². The molecule has 0 bridgehead atoms. The third-order valence-electron chi connectivity index (χ3n) is 4.07. The summed E-state index contributed by atoms with van der Waals surface area (Å²) in [5.41, 5.74) is 0. The summed E-state index contributed by atoms with van der Waals surface area (Å²) in [6.07, 6.45) is 6.73. The van der Waals surface area contributed by atoms with E-state index in [1.807, 2.05) is 23.5 Å². The third kappa shape index (κ3) is 5.96. The molecule has 0 aliphatic carbocycles. The monoisotopic (exact) mass is 304 g/mol. The van der Waals surface area contributed by atoms with E-state index in [9.17, 15) is 4.79 Å². The van der Waals surface area contributed by atoms with Gasteiger partial charge in [0.25, 0.3) is 0 Å². The lowest BCUT2D eigenvalue weighted by atomic mass is 10.0. The van der Waals surface area contributed by atoms with Crippen molar-refractivity contribution in [3.63, 3.8) is 0 Å². The van der Waals surface area contributed by atoms with Gasteiger partial charge in [0.15, 0.2) is 0 Å². The molecule has 0 saturated carbocycles. The van der Waals surface area contributed by atoms with Gasteiger partial charge in [-0.2, -0.15) is 11.8 Å². The van der Waals surface area contributed by atoms with Crippen molar-refractivity contribution in [3.8, 4) is 0 Å². The number of thioether (sulfide) groups is 2. The first-order valence-electron chi connectivity index (χ1n) is 7.30. The average Bonchev–Trinajstić information content (AvgIpc) is 2.48. The van der Waals surface area contributed by atoms with E-state index in [2.05, 4.69) is 30.7 Å². The van der Waals surface area contributed by atoms with Crippen molar-refractivity contribution in [2.75, 3.05) is 31.6 Å². The highest BCUT2D eigenvalue weighted by molar-refractivity contribution is 8.00. The van der Waals surface area contributed by atoms with Crippen LogP contribution in [-0.4, -0.2) is 47.5 Å². The molecule has 19 heavy (non-hydrogen) atoms. The van der Waals surface area contributed by atoms with Crippen LogP contribution >= 0.6 is 23.5 Å². The van der Waals surface area contributed by atoms with E-state index in [1.165, 1.54) is 12.8 Å². The van der Waals surface area contributed by atoms with Gasteiger partial charge in [0.05, 0.1) is 5.75 Å². The number of nitrogens with one attached hydrogen (secondary N) is 2. The fraction of sp³-hybridized carbons (Fsp3) is 0.929. The van der Waals surface area contributed by atoms with Gasteiger partial charge in [-0.3, -0.25) is 4.79 Å². The first-order valence-corrected chi connectivity index (χ1v) is 9.57. The van der Waals surface area contributed by atoms with Crippen LogP contribution in [0.3, 0.4) is 0 Å². The van der Waals surface area contributed by atoms with Gasteiger partial charge in [0, 0.05) is 16.5 Å². The lowest BCUT2D eigenvalue weighted by Gasteiger charge is -2.30. The number of hydrogen-bond donors (Lipinski definition) is 2. The Hall–Kier alpha value is 0.130. The minimum Gasteiger partial charge on any atom is -0.354 e. The Kier molecular flexibility index (Phi) is 8.26. The quantitative estimate of drug-likeness (QED) is 0.723. The summed E-state index contributed by atoms with van der Waals surface area (Å²) in [5, 5.41) is 7.14. The molecule has 1 heterocycles. The molecular formula is C14H28N2OS2. The molecule has 3 nitrogen and oxygen atoms in total. The number of carbonyl (C=O) groups is 1. The zero-order valence-corrected chi connectivity index (χ0v) is 14.1. The minimum atomic E-state index is 0.198. The molecule has 1 aliphatic rings. The molecule has 1 rings (SSSR count). The Morgan fingerprint density at radius 1 is 1.32 bits per heavy atom. The highest BCUT2D eigenvalue weighted by Gasteiger charge is 2.25. The van der Waals surface area contributed by atoms with Gasteiger partial charge in [-0.25, -0.2) is 0 Å². The van der Waals surface area contributed by atoms with Crippen LogP contribution in [0.4, 0.5) is 0 Å². The summed E-state index contributed by atoms with van der Waals surface area (Å²) in [5.74, 6) is 0.812. The zero-order valence-electron chi connectivity index (χ0n) is 12.5. The number of hydrogen-bond acceptors (Lipinski definition) is 4. The Balaban J connectivity index is 2.23. The third-order valence-corrected chi connectivity index (χ3v) is 7.03. The minimum absolute atomic E-state index is 0.198. The van der Waals surface area contributed by atoms with Gasteiger partial charge in [-0.15, -0.1) is 11.8 Å². The molecule has 0 radical (unpaired) electrons. The molecule has 0 spiro atoms. The van der Waals surface area contributed by atoms with Crippen molar-refractivity contribution in [1.82, 2.24) is 10.6 Å². The van der Waals surface area contributed by atoms with Crippen molar-refractivity contribution in [2.24, 2.45) is 0 Å². The van der Waals surface area contributed by atoms with E-state index in [-0.39, 0.29) is 10.7 Å². The summed E-state index contributed by atoms with van der Waals surface area (Å²) in [7, 11) is 0. The average molecular weight is 305 g/mol. The summed E-state index contributed by atoms with van der Waals surface area (Å²) in [4.78, 5) is 11.9. The molecule has 0 aromatic rings. The van der Waals surface area contributed by atoms with E-state index in [0.29, 0.717) is 11.0 Å². The SMILES string of the molecule is CCC(CC)(CNC(=O)CSC1CCNCC1)SC. The van der Waals surface area contributed by atoms with Crippen LogP contribution in [0.15, 0.2) is 0 Å². The van der Waals surface area contributed by atoms with Crippen molar-refractivity contribution in [3.05, 3.63) is 0 Å². The Morgan fingerprint density at radius 3 is 2.47 bits per heavy atom. The van der Waals surface area contributed by atoms with Crippen LogP contribution in [0.5, 0.6) is 0 Å². The van der Waals surface area contributed by atoms with E-state index < -0.39 is 0 Å². The van der Waals surface area contributed by atoms with Crippen molar-refractivity contribution >= 4 is 29.4 Å². The van der Waals surface area contributed by atoms with E-state index in [0.717, 1.165) is 32.5 Å². The molecule has 0 aromatic carbocycles. The van der Waals surface area contributed by atoms with Gasteiger partial charge < -0.3 is 10.6 Å². The zero-order chi connectivity index (χ0) is 14.1. The molecule has 2 N–H and O–H groups in total. The smallest absolute Gasteiger partial charge is 0.230 e. The first-order chi connectivity index (χ1) is 9.15. The predicted octanol–water partition coefficient (Wildman–Crippen LogP) is 2.51. The van der Waals surface area contributed by atoms with Gasteiger partial charge in [-0.1, -0.05) is 13.8 Å². The normalized spacial score (nSPS) is 17.4. The summed E-state index contributed by atoms with van der Waals surface area (Å²) < 4.78 is 0.217. The second kappa shape index (κ2) is 9.14. The molecule has 1 amide bonds. The Bertz CT molecular complexity index is 256. The van der Waals surface area contributed by atoms with Gasteiger partial charge in [0.1, 0.15) is 0 Å². The first kappa shape index (κ1) is 17.2. The van der Waals surface area contributed by atoms with Gasteiger partial charge in [-0.05, 0) is 45.0 Å². The highest BCUT2D eigenvalue weighted by Crippen LogP contribution is 2.29. The summed E-state index contributed by atoms with van der Waals surface area (Å²) in [6, 6.07) is 0. The molecule has 112 valence electrons. The maximum atomic E-state index is 11.9. The number of rotatable bonds is 8. The Morgan fingerprint density at radius 2 is 1.95 bits per heavy atom. The van der Waals surface area contributed by atoms with Crippen molar-refractivity contribution in [2.45, 2.75) is 49.5 Å². The number of amides is 1. The number of carbonyl (C=O) groups excluding carboxylic acids is 1. The molecule has 0 atom stereocenters. The van der Waals surface area contributed by atoms with Crippen LogP contribution in [-0.2, 0) is 4.79 Å². The highest BCUT2D eigenvalue weighted by atomic mass is 32.2. The lowest BCUT2D eigenvalue weighted by Crippen LogP contribution is -2.40. The standard InChI is InChI=1S/C14H28N2OS2/c1-4-14(5-2,18-3)11-16-13(17)10-19-12-6-8-15-9-7-12/h12,15H,4-11H2,1-3H3,(H,16,17). The fourth-order valence-corrected chi connectivity index (χ4v) is 4.18. The molecule has 1 aliphatic heterocycles. The maximum Gasteiger partial charge on any atom is 0.230 e. The predicted molar refractivity (Wildman–Crippen MR) is 88.2 cm³/mol. The topological polar surface area (TPSA) is 41.1 Å². The van der Waals surface area contributed by atoms with E-state index in [1.54, 1.807) is 0 Å². The second-order valence-corrected chi connectivity index (χ2v) is 7.69. The number of piperidine rings is 1. The van der Waals surface area contributed by atoms with Gasteiger partial charge >= 0.3 is 0 Å². The van der Waals surface area contributed by atoms with E-state index in [4.69, 9.17) is 0 Å². The van der Waals surface area contributed by atoms with Crippen LogP contribution in [0, 0.1) is 0 Å². The molecule has 1 saturated heterocycles. The second-order valence-electron chi connectivity index (χ2n) is 5.13. The largest absolute Gasteiger partial charge is 0.354 e. The summed E-state index contributed by atoms with van der Waals surface area (Å²) in [6.45, 7) is 7.40. The molecule has 5 heteroatoms. The van der Waals surface area contributed by atoms with Crippen LogP contribution in [0.2, 0.25) is 0 Å². The van der Waals surface area contributed by atoms with Crippen molar-refractivity contribution in [1.29, 1.82) is 0 Å². The van der Waals surface area contributed by atoms with Crippen LogP contribution < -0.4 is 10.6 Å². The lowest BCUT2D eigenvalue weighted by molar-refractivity contribution is -0.118. The van der Waals surface area contributed by atoms with Crippen molar-refractivity contribution < 1.29 is 4.79 Å². The van der Waals surface area contributed by atoms with Crippen LogP contribution in [0.1, 0.15) is 39.5 Å². The molecular weight excluding hydrogens is 276 g/mol. The summed E-state index contributed by atoms with van der Waals surface area (Å²) >= 11 is 3.70. The molecule has 1 fully saturated rings. The Labute approximate surface area is 126 Å². The molecule has 0 aromatic heterocycles. The van der Waals surface area contributed by atoms with Gasteiger partial charge in [0.2, 0.25) is 5.91 Å².